The number of hydrogen-bond acceptors (Lipinski definition) is 4. The number of fused-ring (bicyclic) bond motifs is 1. The highest BCUT2D eigenvalue weighted by Crippen LogP contribution is 2.21. The van der Waals surface area contributed by atoms with Gasteiger partial charge in [0.15, 0.2) is 5.16 Å². The molecule has 2 rings (SSSR count). The minimum Gasteiger partial charge on any atom is -0.396 e. The van der Waals surface area contributed by atoms with Crippen molar-refractivity contribution in [2.75, 3.05) is 12.4 Å². The van der Waals surface area contributed by atoms with E-state index in [0.29, 0.717) is 24.3 Å². The summed E-state index contributed by atoms with van der Waals surface area (Å²) in [5, 5.41) is 10.3. The molecule has 0 aliphatic heterocycles. The van der Waals surface area contributed by atoms with Crippen molar-refractivity contribution in [1.82, 2.24) is 9.55 Å². The molecule has 21 heavy (non-hydrogen) atoms. The number of rotatable bonds is 6. The van der Waals surface area contributed by atoms with Crippen molar-refractivity contribution in [3.63, 3.8) is 0 Å². The van der Waals surface area contributed by atoms with E-state index in [4.69, 9.17) is 5.11 Å². The molecule has 0 fully saturated rings. The van der Waals surface area contributed by atoms with Crippen LogP contribution in [0.1, 0.15) is 20.3 Å². The molecule has 0 saturated heterocycles. The van der Waals surface area contributed by atoms with Crippen molar-refractivity contribution in [1.29, 1.82) is 0 Å². The van der Waals surface area contributed by atoms with Crippen molar-refractivity contribution in [3.05, 3.63) is 33.0 Å². The van der Waals surface area contributed by atoms with Gasteiger partial charge in [0.1, 0.15) is 0 Å². The highest BCUT2D eigenvalue weighted by molar-refractivity contribution is 9.10. The number of aliphatic hydroxyl groups is 1. The number of thioether (sulfide) groups is 1. The lowest BCUT2D eigenvalue weighted by Gasteiger charge is -2.14. The number of nitrogens with zero attached hydrogens (tertiary/aromatic N) is 2. The molecule has 0 aliphatic carbocycles. The van der Waals surface area contributed by atoms with Crippen LogP contribution in [0.25, 0.3) is 10.9 Å². The molecule has 2 aromatic rings. The lowest BCUT2D eigenvalue weighted by molar-refractivity contribution is 0.296. The molecule has 1 aromatic carbocycles. The molecule has 0 amide bonds. The predicted octanol–water partition coefficient (Wildman–Crippen LogP) is 3.29. The van der Waals surface area contributed by atoms with E-state index < -0.39 is 0 Å². The molecule has 0 spiro atoms. The Labute approximate surface area is 136 Å². The third kappa shape index (κ3) is 4.08. The quantitative estimate of drug-likeness (QED) is 0.481. The molecule has 0 atom stereocenters. The van der Waals surface area contributed by atoms with E-state index in [1.807, 2.05) is 18.2 Å². The van der Waals surface area contributed by atoms with Crippen LogP contribution in [0.15, 0.2) is 32.6 Å². The summed E-state index contributed by atoms with van der Waals surface area (Å²) in [5.74, 6) is 1.12. The Hall–Kier alpha value is -0.850. The zero-order chi connectivity index (χ0) is 15.4. The Morgan fingerprint density at radius 1 is 1.43 bits per heavy atom. The van der Waals surface area contributed by atoms with Crippen LogP contribution in [0.4, 0.5) is 0 Å². The van der Waals surface area contributed by atoms with Crippen molar-refractivity contribution >= 4 is 38.6 Å². The molecule has 1 heterocycles. The first-order chi connectivity index (χ1) is 10.0. The summed E-state index contributed by atoms with van der Waals surface area (Å²) in [6, 6.07) is 5.57. The van der Waals surface area contributed by atoms with Gasteiger partial charge in [-0.25, -0.2) is 4.98 Å². The third-order valence-electron chi connectivity index (χ3n) is 2.96. The summed E-state index contributed by atoms with van der Waals surface area (Å²) < 4.78 is 2.63. The van der Waals surface area contributed by atoms with Gasteiger partial charge < -0.3 is 5.11 Å². The standard InChI is InChI=1S/C15H19BrN2O2S/c1-10(2)9-18-14(20)12-8-11(16)4-5-13(12)17-15(18)21-7-3-6-19/h4-5,8,10,19H,3,6-7,9H2,1-2H3. The van der Waals surface area contributed by atoms with Gasteiger partial charge in [0.05, 0.1) is 10.9 Å². The second-order valence-electron chi connectivity index (χ2n) is 5.29. The highest BCUT2D eigenvalue weighted by atomic mass is 79.9. The number of hydrogen-bond donors (Lipinski definition) is 1. The first kappa shape index (κ1) is 16.5. The van der Waals surface area contributed by atoms with Crippen LogP contribution < -0.4 is 5.56 Å². The Kier molecular flexibility index (Phi) is 5.84. The Bertz CT molecular complexity index is 685. The molecular formula is C15H19BrN2O2S. The maximum atomic E-state index is 12.7. The topological polar surface area (TPSA) is 55.1 Å². The van der Waals surface area contributed by atoms with Crippen molar-refractivity contribution in [2.24, 2.45) is 5.92 Å². The van der Waals surface area contributed by atoms with Crippen LogP contribution in [-0.2, 0) is 6.54 Å². The maximum Gasteiger partial charge on any atom is 0.262 e. The van der Waals surface area contributed by atoms with E-state index in [0.717, 1.165) is 20.9 Å². The summed E-state index contributed by atoms with van der Waals surface area (Å²) in [5.41, 5.74) is 0.719. The van der Waals surface area contributed by atoms with Crippen LogP contribution in [0, 0.1) is 5.92 Å². The molecule has 6 heteroatoms. The van der Waals surface area contributed by atoms with Gasteiger partial charge >= 0.3 is 0 Å². The molecule has 0 saturated carbocycles. The van der Waals surface area contributed by atoms with Crippen LogP contribution in [0.3, 0.4) is 0 Å². The second-order valence-corrected chi connectivity index (χ2v) is 7.27. The molecule has 0 radical (unpaired) electrons. The van der Waals surface area contributed by atoms with E-state index in [1.54, 1.807) is 4.57 Å². The molecule has 114 valence electrons. The average molecular weight is 371 g/mol. The van der Waals surface area contributed by atoms with E-state index in [1.165, 1.54) is 11.8 Å². The number of aliphatic hydroxyl groups excluding tert-OH is 1. The van der Waals surface area contributed by atoms with Crippen LogP contribution in [-0.4, -0.2) is 27.0 Å². The first-order valence-electron chi connectivity index (χ1n) is 6.96. The van der Waals surface area contributed by atoms with E-state index >= 15 is 0 Å². The van der Waals surface area contributed by atoms with Crippen LogP contribution in [0.5, 0.6) is 0 Å². The monoisotopic (exact) mass is 370 g/mol. The van der Waals surface area contributed by atoms with Crippen LogP contribution in [0.2, 0.25) is 0 Å². The number of aromatic nitrogens is 2. The summed E-state index contributed by atoms with van der Waals surface area (Å²) in [7, 11) is 0. The summed E-state index contributed by atoms with van der Waals surface area (Å²) in [6.45, 7) is 4.97. The number of halogens is 1. The molecule has 4 nitrogen and oxygen atoms in total. The molecule has 1 aromatic heterocycles. The van der Waals surface area contributed by atoms with E-state index in [9.17, 15) is 4.79 Å². The van der Waals surface area contributed by atoms with Crippen LogP contribution >= 0.6 is 27.7 Å². The van der Waals surface area contributed by atoms with E-state index in [-0.39, 0.29) is 12.2 Å². The van der Waals surface area contributed by atoms with Crippen molar-refractivity contribution < 1.29 is 5.11 Å². The van der Waals surface area contributed by atoms with Gasteiger partial charge in [-0.05, 0) is 30.5 Å². The zero-order valence-electron chi connectivity index (χ0n) is 12.2. The fourth-order valence-corrected chi connectivity index (χ4v) is 3.33. The fourth-order valence-electron chi connectivity index (χ4n) is 2.04. The molecular weight excluding hydrogens is 352 g/mol. The number of benzene rings is 1. The SMILES string of the molecule is CC(C)Cn1c(SCCCO)nc2ccc(Br)cc2c1=O. The van der Waals surface area contributed by atoms with Gasteiger partial charge in [-0.2, -0.15) is 0 Å². The normalized spacial score (nSPS) is 11.5. The minimum absolute atomic E-state index is 0.00139. The second kappa shape index (κ2) is 7.42. The average Bonchev–Trinajstić information content (AvgIpc) is 2.43. The maximum absolute atomic E-state index is 12.7. The lowest BCUT2D eigenvalue weighted by Crippen LogP contribution is -2.25. The van der Waals surface area contributed by atoms with Gasteiger partial charge in [-0.1, -0.05) is 41.5 Å². The Balaban J connectivity index is 2.53. The van der Waals surface area contributed by atoms with Gasteiger partial charge in [0.25, 0.3) is 5.56 Å². The third-order valence-corrected chi connectivity index (χ3v) is 4.52. The first-order valence-corrected chi connectivity index (χ1v) is 8.74. The minimum atomic E-state index is 0.00139. The van der Waals surface area contributed by atoms with Gasteiger partial charge in [-0.15, -0.1) is 0 Å². The lowest BCUT2D eigenvalue weighted by atomic mass is 10.2. The predicted molar refractivity (Wildman–Crippen MR) is 91.0 cm³/mol. The zero-order valence-corrected chi connectivity index (χ0v) is 14.6. The summed E-state index contributed by atoms with van der Waals surface area (Å²) >= 11 is 4.93. The summed E-state index contributed by atoms with van der Waals surface area (Å²) in [4.78, 5) is 17.3. The van der Waals surface area contributed by atoms with Crippen molar-refractivity contribution in [2.45, 2.75) is 32.0 Å². The summed E-state index contributed by atoms with van der Waals surface area (Å²) in [6.07, 6.45) is 0.695. The van der Waals surface area contributed by atoms with Gasteiger partial charge in [-0.3, -0.25) is 9.36 Å². The highest BCUT2D eigenvalue weighted by Gasteiger charge is 2.13. The smallest absolute Gasteiger partial charge is 0.262 e. The molecule has 1 N–H and O–H groups in total. The Morgan fingerprint density at radius 2 is 2.19 bits per heavy atom. The van der Waals surface area contributed by atoms with Gasteiger partial charge in [0, 0.05) is 23.4 Å². The van der Waals surface area contributed by atoms with Crippen molar-refractivity contribution in [3.8, 4) is 0 Å². The Morgan fingerprint density at radius 3 is 2.86 bits per heavy atom. The largest absolute Gasteiger partial charge is 0.396 e. The molecule has 0 unspecified atom stereocenters. The fraction of sp³-hybridized carbons (Fsp3) is 0.467. The van der Waals surface area contributed by atoms with Gasteiger partial charge in [0.2, 0.25) is 0 Å². The van der Waals surface area contributed by atoms with E-state index in [2.05, 4.69) is 34.8 Å². The molecule has 0 aliphatic rings. The molecule has 0 bridgehead atoms.